The minimum Gasteiger partial charge on any atom is -0.462 e. The van der Waals surface area contributed by atoms with Crippen LogP contribution in [-0.2, 0) is 9.53 Å². The zero-order valence-electron chi connectivity index (χ0n) is 13.2. The van der Waals surface area contributed by atoms with Crippen molar-refractivity contribution in [1.82, 2.24) is 10.6 Å². The Morgan fingerprint density at radius 3 is 2.58 bits per heavy atom. The summed E-state index contributed by atoms with van der Waals surface area (Å²) in [6, 6.07) is 4.41. The van der Waals surface area contributed by atoms with Crippen molar-refractivity contribution in [2.45, 2.75) is 32.6 Å². The first-order valence-corrected chi connectivity index (χ1v) is 7.30. The topological polar surface area (TPSA) is 76.7 Å². The fourth-order valence-corrected chi connectivity index (χ4v) is 2.47. The van der Waals surface area contributed by atoms with Crippen LogP contribution >= 0.6 is 0 Å². The van der Waals surface area contributed by atoms with Crippen molar-refractivity contribution in [3.63, 3.8) is 0 Å². The van der Waals surface area contributed by atoms with Crippen molar-refractivity contribution >= 4 is 12.0 Å². The summed E-state index contributed by atoms with van der Waals surface area (Å²) in [6.07, 6.45) is -0.379. The SMILES string of the molecule is C=C1NC(=O)N[C@@H](c2ccccc2OC(F)F)[C@H]1C(=O)OC(C)C. The maximum Gasteiger partial charge on any atom is 0.387 e. The molecule has 130 valence electrons. The maximum absolute atomic E-state index is 12.6. The number of rotatable bonds is 5. The van der Waals surface area contributed by atoms with E-state index < -0.39 is 30.6 Å². The number of carbonyl (C=O) groups is 2. The molecule has 1 saturated heterocycles. The fourth-order valence-electron chi connectivity index (χ4n) is 2.47. The highest BCUT2D eigenvalue weighted by Crippen LogP contribution is 2.36. The first-order chi connectivity index (χ1) is 11.3. The second-order valence-corrected chi connectivity index (χ2v) is 5.48. The normalized spacial score (nSPS) is 20.6. The molecule has 0 saturated carbocycles. The lowest BCUT2D eigenvalue weighted by molar-refractivity contribution is -0.152. The van der Waals surface area contributed by atoms with Crippen LogP contribution in [0.1, 0.15) is 25.5 Å². The highest BCUT2D eigenvalue weighted by molar-refractivity contribution is 5.85. The molecule has 1 aromatic rings. The molecule has 2 N–H and O–H groups in total. The molecule has 1 aliphatic heterocycles. The highest BCUT2D eigenvalue weighted by Gasteiger charge is 2.40. The monoisotopic (exact) mass is 340 g/mol. The summed E-state index contributed by atoms with van der Waals surface area (Å²) in [5.74, 6) is -1.73. The molecule has 2 rings (SSSR count). The van der Waals surface area contributed by atoms with Crippen molar-refractivity contribution in [3.05, 3.63) is 42.1 Å². The minimum absolute atomic E-state index is 0.126. The average Bonchev–Trinajstić information content (AvgIpc) is 2.45. The fraction of sp³-hybridized carbons (Fsp3) is 0.375. The van der Waals surface area contributed by atoms with Gasteiger partial charge in [-0.05, 0) is 19.9 Å². The van der Waals surface area contributed by atoms with Gasteiger partial charge >= 0.3 is 18.6 Å². The van der Waals surface area contributed by atoms with Crippen LogP contribution in [0.5, 0.6) is 5.75 Å². The number of hydrogen-bond donors (Lipinski definition) is 2. The van der Waals surface area contributed by atoms with E-state index in [1.54, 1.807) is 19.9 Å². The summed E-state index contributed by atoms with van der Waals surface area (Å²) in [6.45, 7) is 4.00. The van der Waals surface area contributed by atoms with Crippen molar-refractivity contribution in [1.29, 1.82) is 0 Å². The third-order valence-electron chi connectivity index (χ3n) is 3.35. The molecule has 0 aliphatic carbocycles. The molecule has 1 fully saturated rings. The number of nitrogens with one attached hydrogen (secondary N) is 2. The number of hydrogen-bond acceptors (Lipinski definition) is 4. The number of halogens is 2. The summed E-state index contributed by atoms with van der Waals surface area (Å²) in [5, 5.41) is 4.95. The number of urea groups is 1. The van der Waals surface area contributed by atoms with Crippen LogP contribution in [0.2, 0.25) is 0 Å². The molecule has 0 radical (unpaired) electrons. The van der Waals surface area contributed by atoms with E-state index in [0.29, 0.717) is 0 Å². The minimum atomic E-state index is -3.03. The number of carbonyl (C=O) groups excluding carboxylic acids is 2. The molecule has 24 heavy (non-hydrogen) atoms. The standard InChI is InChI=1S/C16H18F2N2O4/c1-8(2)23-14(21)12-9(3)19-16(22)20-13(12)10-6-4-5-7-11(10)24-15(17)18/h4-8,12-13,15H,3H2,1-2H3,(H2,19,20,22)/t12-,13-/m0/s1. The van der Waals surface area contributed by atoms with Crippen LogP contribution < -0.4 is 15.4 Å². The molecule has 1 aliphatic rings. The molecule has 2 amide bonds. The lowest BCUT2D eigenvalue weighted by atomic mass is 9.88. The Hall–Kier alpha value is -2.64. The smallest absolute Gasteiger partial charge is 0.387 e. The second-order valence-electron chi connectivity index (χ2n) is 5.48. The molecule has 0 spiro atoms. The van der Waals surface area contributed by atoms with E-state index in [9.17, 15) is 18.4 Å². The number of esters is 1. The first-order valence-electron chi connectivity index (χ1n) is 7.30. The van der Waals surface area contributed by atoms with E-state index in [-0.39, 0.29) is 23.1 Å². The summed E-state index contributed by atoms with van der Waals surface area (Å²) in [5.41, 5.74) is 0.362. The maximum atomic E-state index is 12.6. The van der Waals surface area contributed by atoms with Gasteiger partial charge in [0.15, 0.2) is 0 Å². The summed E-state index contributed by atoms with van der Waals surface area (Å²) in [7, 11) is 0. The van der Waals surface area contributed by atoms with Gasteiger partial charge in [0.2, 0.25) is 0 Å². The number of alkyl halides is 2. The molecule has 0 bridgehead atoms. The third kappa shape index (κ3) is 4.01. The summed E-state index contributed by atoms with van der Waals surface area (Å²) < 4.78 is 34.9. The molecule has 0 aromatic heterocycles. The number of benzene rings is 1. The van der Waals surface area contributed by atoms with Crippen molar-refractivity contribution in [2.75, 3.05) is 0 Å². The van der Waals surface area contributed by atoms with Crippen LogP contribution in [-0.4, -0.2) is 24.7 Å². The Bertz CT molecular complexity index is 649. The molecule has 2 atom stereocenters. The zero-order chi connectivity index (χ0) is 17.9. The molecule has 6 nitrogen and oxygen atoms in total. The summed E-state index contributed by atoms with van der Waals surface area (Å²) >= 11 is 0. The lowest BCUT2D eigenvalue weighted by Crippen LogP contribution is -2.51. The lowest BCUT2D eigenvalue weighted by Gasteiger charge is -2.34. The first kappa shape index (κ1) is 17.7. The van der Waals surface area contributed by atoms with E-state index >= 15 is 0 Å². The Balaban J connectivity index is 2.41. The van der Waals surface area contributed by atoms with E-state index in [0.717, 1.165) is 0 Å². The molecule has 1 heterocycles. The van der Waals surface area contributed by atoms with Crippen LogP contribution in [0.25, 0.3) is 0 Å². The molecular weight excluding hydrogens is 322 g/mol. The van der Waals surface area contributed by atoms with Gasteiger partial charge in [-0.1, -0.05) is 24.8 Å². The zero-order valence-corrected chi connectivity index (χ0v) is 13.2. The summed E-state index contributed by atoms with van der Waals surface area (Å²) in [4.78, 5) is 24.1. The van der Waals surface area contributed by atoms with Gasteiger partial charge in [0.25, 0.3) is 0 Å². The predicted octanol–water partition coefficient (Wildman–Crippen LogP) is 2.72. The molecule has 1 aromatic carbocycles. The van der Waals surface area contributed by atoms with Crippen molar-refractivity contribution < 1.29 is 27.8 Å². The van der Waals surface area contributed by atoms with Gasteiger partial charge in [-0.3, -0.25) is 4.79 Å². The average molecular weight is 340 g/mol. The van der Waals surface area contributed by atoms with Crippen LogP contribution in [0.3, 0.4) is 0 Å². The van der Waals surface area contributed by atoms with Crippen LogP contribution in [0.15, 0.2) is 36.5 Å². The van der Waals surface area contributed by atoms with Gasteiger partial charge in [-0.2, -0.15) is 8.78 Å². The van der Waals surface area contributed by atoms with Gasteiger partial charge in [-0.15, -0.1) is 0 Å². The van der Waals surface area contributed by atoms with Crippen molar-refractivity contribution in [3.8, 4) is 5.75 Å². The highest BCUT2D eigenvalue weighted by atomic mass is 19.3. The number of para-hydroxylation sites is 1. The van der Waals surface area contributed by atoms with Gasteiger partial charge in [0.1, 0.15) is 11.7 Å². The third-order valence-corrected chi connectivity index (χ3v) is 3.35. The van der Waals surface area contributed by atoms with E-state index in [1.807, 2.05) is 0 Å². The van der Waals surface area contributed by atoms with E-state index in [1.165, 1.54) is 18.2 Å². The second kappa shape index (κ2) is 7.29. The van der Waals surface area contributed by atoms with Gasteiger partial charge < -0.3 is 20.1 Å². The number of ether oxygens (including phenoxy) is 2. The quantitative estimate of drug-likeness (QED) is 0.808. The van der Waals surface area contributed by atoms with E-state index in [2.05, 4.69) is 21.9 Å². The molecule has 0 unspecified atom stereocenters. The molecule has 8 heteroatoms. The number of amides is 2. The Morgan fingerprint density at radius 1 is 1.29 bits per heavy atom. The predicted molar refractivity (Wildman–Crippen MR) is 81.3 cm³/mol. The molecular formula is C16H18F2N2O4. The van der Waals surface area contributed by atoms with Gasteiger partial charge in [0, 0.05) is 11.3 Å². The van der Waals surface area contributed by atoms with Crippen LogP contribution in [0.4, 0.5) is 13.6 Å². The largest absolute Gasteiger partial charge is 0.462 e. The van der Waals surface area contributed by atoms with Gasteiger partial charge in [-0.25, -0.2) is 4.79 Å². The van der Waals surface area contributed by atoms with Crippen LogP contribution in [0, 0.1) is 5.92 Å². The Labute approximate surface area is 137 Å². The Kier molecular flexibility index (Phi) is 5.38. The van der Waals surface area contributed by atoms with Gasteiger partial charge in [0.05, 0.1) is 12.1 Å². The Morgan fingerprint density at radius 2 is 1.96 bits per heavy atom. The van der Waals surface area contributed by atoms with Crippen molar-refractivity contribution in [2.24, 2.45) is 5.92 Å². The van der Waals surface area contributed by atoms with E-state index in [4.69, 9.17) is 4.74 Å².